The van der Waals surface area contributed by atoms with Crippen LogP contribution in [0.1, 0.15) is 0 Å². The predicted octanol–water partition coefficient (Wildman–Crippen LogP) is 17.6. The Hall–Kier alpha value is -9.58. The fourth-order valence-corrected chi connectivity index (χ4v) is 11.3. The van der Waals surface area contributed by atoms with Crippen LogP contribution in [0.15, 0.2) is 235 Å². The molecule has 0 saturated carbocycles. The molecule has 0 N–H and O–H groups in total. The number of pyridine rings is 1. The van der Waals surface area contributed by atoms with Gasteiger partial charge in [-0.25, -0.2) is 19.9 Å². The fraction of sp³-hybridized carbons (Fsp3) is 0. The van der Waals surface area contributed by atoms with Crippen molar-refractivity contribution in [3.05, 3.63) is 231 Å². The molecule has 0 bridgehead atoms. The first-order valence-electron chi connectivity index (χ1n) is 24.0. The van der Waals surface area contributed by atoms with Crippen molar-refractivity contribution in [2.75, 3.05) is 0 Å². The molecule has 0 amide bonds. The molecule has 0 unspecified atom stereocenters. The number of fused-ring (bicyclic) bond motifs is 15. The molecule has 0 aliphatic rings. The first kappa shape index (κ1) is 39.4. The van der Waals surface area contributed by atoms with Gasteiger partial charge in [0.05, 0.1) is 11.2 Å². The van der Waals surface area contributed by atoms with Crippen molar-refractivity contribution in [1.29, 1.82) is 0 Å². The highest BCUT2D eigenvalue weighted by Crippen LogP contribution is 2.48. The molecule has 328 valence electrons. The molecule has 0 atom stereocenters. The zero-order valence-electron chi connectivity index (χ0n) is 38.1. The zero-order chi connectivity index (χ0) is 46.6. The predicted molar refractivity (Wildman–Crippen MR) is 295 cm³/mol. The average molecular weight is 903 g/mol. The molecular formula is C66H38N4O. The van der Waals surface area contributed by atoms with Gasteiger partial charge in [0, 0.05) is 54.7 Å². The largest absolute Gasteiger partial charge is 0.456 e. The van der Waals surface area contributed by atoms with Gasteiger partial charge in [-0.05, 0) is 95.8 Å². The topological polar surface area (TPSA) is 64.7 Å². The molecule has 0 aliphatic heterocycles. The summed E-state index contributed by atoms with van der Waals surface area (Å²) in [6, 6.07) is 81.6. The van der Waals surface area contributed by atoms with Crippen LogP contribution < -0.4 is 0 Å². The van der Waals surface area contributed by atoms with E-state index in [1.807, 2.05) is 24.3 Å². The van der Waals surface area contributed by atoms with Crippen molar-refractivity contribution < 1.29 is 4.42 Å². The summed E-state index contributed by atoms with van der Waals surface area (Å²) in [5, 5.41) is 17.2. The van der Waals surface area contributed by atoms with E-state index in [1.54, 1.807) is 0 Å². The molecular weight excluding hydrogens is 865 g/mol. The van der Waals surface area contributed by atoms with Crippen LogP contribution >= 0.6 is 0 Å². The fourth-order valence-electron chi connectivity index (χ4n) is 11.3. The van der Waals surface area contributed by atoms with Crippen LogP contribution in [-0.2, 0) is 0 Å². The van der Waals surface area contributed by atoms with Crippen LogP contribution in [0.4, 0.5) is 0 Å². The standard InChI is InChI=1S/C66H38N4O/c1-2-17-39(18-3-1)64-68-65(70-66(69-64)55-36-40-19-4-5-22-44(40)45-23-6-11-28-50(45)55)43-21-16-20-41(35-43)60-61-52-29-12-14-31-57(52)67-63(56(61)38-59-62(60)53-30-13-15-32-58(53)71-59)42-33-34-51-48-26-8-7-24-46(48)47-25-9-10-27-49(47)54(51)37-42/h1-38H. The van der Waals surface area contributed by atoms with E-state index in [-0.39, 0.29) is 0 Å². The molecule has 0 fully saturated rings. The van der Waals surface area contributed by atoms with E-state index in [1.165, 1.54) is 37.7 Å². The van der Waals surface area contributed by atoms with Gasteiger partial charge in [0.2, 0.25) is 0 Å². The minimum atomic E-state index is 0.588. The monoisotopic (exact) mass is 902 g/mol. The molecule has 5 heteroatoms. The zero-order valence-corrected chi connectivity index (χ0v) is 38.1. The smallest absolute Gasteiger partial charge is 0.164 e. The van der Waals surface area contributed by atoms with Crippen LogP contribution in [0.3, 0.4) is 0 Å². The van der Waals surface area contributed by atoms with Crippen LogP contribution in [0, 0.1) is 0 Å². The van der Waals surface area contributed by atoms with E-state index < -0.39 is 0 Å². The molecule has 5 nitrogen and oxygen atoms in total. The summed E-state index contributed by atoms with van der Waals surface area (Å²) in [6.07, 6.45) is 0. The van der Waals surface area contributed by atoms with Gasteiger partial charge in [-0.1, -0.05) is 194 Å². The second-order valence-corrected chi connectivity index (χ2v) is 18.4. The summed E-state index contributed by atoms with van der Waals surface area (Å²) < 4.78 is 6.85. The van der Waals surface area contributed by atoms with Crippen molar-refractivity contribution in [1.82, 2.24) is 19.9 Å². The Morgan fingerprint density at radius 1 is 0.268 bits per heavy atom. The minimum absolute atomic E-state index is 0.588. The van der Waals surface area contributed by atoms with Gasteiger partial charge in [0.25, 0.3) is 0 Å². The van der Waals surface area contributed by atoms with Gasteiger partial charge in [0.1, 0.15) is 11.2 Å². The Morgan fingerprint density at radius 2 is 0.817 bits per heavy atom. The van der Waals surface area contributed by atoms with Gasteiger partial charge >= 0.3 is 0 Å². The third-order valence-electron chi connectivity index (χ3n) is 14.4. The molecule has 0 spiro atoms. The van der Waals surface area contributed by atoms with E-state index >= 15 is 0 Å². The molecule has 3 aromatic heterocycles. The molecule has 71 heavy (non-hydrogen) atoms. The first-order valence-corrected chi connectivity index (χ1v) is 24.0. The van der Waals surface area contributed by atoms with Crippen LogP contribution in [0.25, 0.3) is 154 Å². The maximum atomic E-state index is 6.85. The van der Waals surface area contributed by atoms with Crippen molar-refractivity contribution in [3.63, 3.8) is 0 Å². The molecule has 0 aliphatic carbocycles. The summed E-state index contributed by atoms with van der Waals surface area (Å²) in [4.78, 5) is 21.4. The van der Waals surface area contributed by atoms with E-state index in [9.17, 15) is 0 Å². The Morgan fingerprint density at radius 3 is 1.58 bits per heavy atom. The molecule has 0 saturated heterocycles. The number of aromatic nitrogens is 4. The lowest BCUT2D eigenvalue weighted by atomic mass is 9.88. The molecule has 3 heterocycles. The number of para-hydroxylation sites is 2. The van der Waals surface area contributed by atoms with Gasteiger partial charge in [-0.2, -0.15) is 0 Å². The Balaban J connectivity index is 1.01. The number of furan rings is 1. The maximum absolute atomic E-state index is 6.85. The lowest BCUT2D eigenvalue weighted by Gasteiger charge is -2.17. The third-order valence-corrected chi connectivity index (χ3v) is 14.4. The van der Waals surface area contributed by atoms with E-state index in [2.05, 4.69) is 206 Å². The van der Waals surface area contributed by atoms with E-state index in [0.717, 1.165) is 98.8 Å². The molecule has 0 radical (unpaired) electrons. The normalized spacial score (nSPS) is 11.9. The van der Waals surface area contributed by atoms with Gasteiger partial charge in [-0.15, -0.1) is 0 Å². The first-order chi connectivity index (χ1) is 35.2. The molecule has 12 aromatic carbocycles. The summed E-state index contributed by atoms with van der Waals surface area (Å²) in [5.41, 5.74) is 9.31. The summed E-state index contributed by atoms with van der Waals surface area (Å²) in [5.74, 6) is 1.82. The lowest BCUT2D eigenvalue weighted by molar-refractivity contribution is 0.669. The van der Waals surface area contributed by atoms with Crippen molar-refractivity contribution in [2.45, 2.75) is 0 Å². The SMILES string of the molecule is c1ccc(-c2nc(-c3cccc(-c4c5c(cc6c(-c7ccc8c9ccccc9c9ccccc9c8c7)nc7ccccc7c46)oc4ccccc45)c3)nc(-c3cc4ccccc4c4ccccc34)n2)cc1. The molecule has 15 aromatic rings. The Labute approximate surface area is 407 Å². The van der Waals surface area contributed by atoms with E-state index in [0.29, 0.717) is 17.5 Å². The Bertz CT molecular complexity index is 4680. The maximum Gasteiger partial charge on any atom is 0.164 e. The second kappa shape index (κ2) is 15.5. The van der Waals surface area contributed by atoms with Crippen molar-refractivity contribution in [2.24, 2.45) is 0 Å². The highest BCUT2D eigenvalue weighted by Gasteiger charge is 2.24. The van der Waals surface area contributed by atoms with Crippen molar-refractivity contribution >= 4 is 97.5 Å². The summed E-state index contributed by atoms with van der Waals surface area (Å²) in [6.45, 7) is 0. The highest BCUT2D eigenvalue weighted by atomic mass is 16.3. The second-order valence-electron chi connectivity index (χ2n) is 18.4. The van der Waals surface area contributed by atoms with Gasteiger partial charge in [-0.3, -0.25) is 0 Å². The quantitative estimate of drug-likeness (QED) is 0.161. The van der Waals surface area contributed by atoms with Crippen molar-refractivity contribution in [3.8, 4) is 56.5 Å². The molecule has 15 rings (SSSR count). The number of nitrogens with zero attached hydrogens (tertiary/aromatic N) is 4. The van der Waals surface area contributed by atoms with E-state index in [4.69, 9.17) is 24.4 Å². The highest BCUT2D eigenvalue weighted by molar-refractivity contribution is 6.29. The lowest BCUT2D eigenvalue weighted by Crippen LogP contribution is -2.01. The number of hydrogen-bond acceptors (Lipinski definition) is 5. The summed E-state index contributed by atoms with van der Waals surface area (Å²) in [7, 11) is 0. The van der Waals surface area contributed by atoms with Gasteiger partial charge in [0.15, 0.2) is 17.5 Å². The van der Waals surface area contributed by atoms with Gasteiger partial charge < -0.3 is 4.42 Å². The van der Waals surface area contributed by atoms with Crippen LogP contribution in [0.2, 0.25) is 0 Å². The number of rotatable bonds is 5. The summed E-state index contributed by atoms with van der Waals surface area (Å²) >= 11 is 0. The minimum Gasteiger partial charge on any atom is -0.456 e. The van der Waals surface area contributed by atoms with Crippen LogP contribution in [-0.4, -0.2) is 19.9 Å². The number of benzene rings is 12. The average Bonchev–Trinajstić information content (AvgIpc) is 3.82. The third kappa shape index (κ3) is 6.13. The van der Waals surface area contributed by atoms with Crippen LogP contribution in [0.5, 0.6) is 0 Å². The number of hydrogen-bond donors (Lipinski definition) is 0. The Kier molecular flexibility index (Phi) is 8.59.